The molecule has 0 bridgehead atoms. The molecule has 2 N–H and O–H groups in total. The van der Waals surface area contributed by atoms with Crippen LogP contribution in [-0.2, 0) is 4.79 Å². The first-order valence-corrected chi connectivity index (χ1v) is 7.13. The zero-order valence-electron chi connectivity index (χ0n) is 11.3. The van der Waals surface area contributed by atoms with Crippen molar-refractivity contribution in [3.05, 3.63) is 76.0 Å². The van der Waals surface area contributed by atoms with Crippen LogP contribution in [0.15, 0.2) is 59.1 Å². The van der Waals surface area contributed by atoms with Gasteiger partial charge in [-0.15, -0.1) is 0 Å². The van der Waals surface area contributed by atoms with Crippen molar-refractivity contribution in [1.82, 2.24) is 10.9 Å². The molecule has 6 heteroatoms. The average Bonchev–Trinajstić information content (AvgIpc) is 2.52. The standard InChI is InChI=1S/C16H12BrFN2O2/c17-13-6-4-12(5-7-13)16(22)20-19-15(21)10-3-11-1-8-14(18)9-2-11/h1-10H,(H,19,21)(H,20,22)/b10-3+. The Labute approximate surface area is 135 Å². The predicted octanol–water partition coefficient (Wildman–Crippen LogP) is 3.06. The first-order chi connectivity index (χ1) is 10.5. The topological polar surface area (TPSA) is 58.2 Å². The fraction of sp³-hybridized carbons (Fsp3) is 0. The van der Waals surface area contributed by atoms with E-state index in [2.05, 4.69) is 26.8 Å². The van der Waals surface area contributed by atoms with Crippen molar-refractivity contribution in [1.29, 1.82) is 0 Å². The molecule has 4 nitrogen and oxygen atoms in total. The lowest BCUT2D eigenvalue weighted by molar-refractivity contribution is -0.117. The number of benzene rings is 2. The van der Waals surface area contributed by atoms with Crippen LogP contribution in [0.3, 0.4) is 0 Å². The van der Waals surface area contributed by atoms with Gasteiger partial charge in [0.25, 0.3) is 11.8 Å². The van der Waals surface area contributed by atoms with Crippen molar-refractivity contribution in [2.45, 2.75) is 0 Å². The molecule has 0 fully saturated rings. The number of carbonyl (C=O) groups excluding carboxylic acids is 2. The van der Waals surface area contributed by atoms with Crippen molar-refractivity contribution in [3.8, 4) is 0 Å². The van der Waals surface area contributed by atoms with Crippen molar-refractivity contribution in [2.24, 2.45) is 0 Å². The lowest BCUT2D eigenvalue weighted by Crippen LogP contribution is -2.40. The molecular weight excluding hydrogens is 351 g/mol. The zero-order chi connectivity index (χ0) is 15.9. The van der Waals surface area contributed by atoms with Gasteiger partial charge in [-0.3, -0.25) is 20.4 Å². The van der Waals surface area contributed by atoms with Gasteiger partial charge in [-0.05, 0) is 48.0 Å². The summed E-state index contributed by atoms with van der Waals surface area (Å²) >= 11 is 3.27. The highest BCUT2D eigenvalue weighted by molar-refractivity contribution is 9.10. The van der Waals surface area contributed by atoms with Crippen LogP contribution in [0.4, 0.5) is 4.39 Å². The minimum atomic E-state index is -0.491. The fourth-order valence-electron chi connectivity index (χ4n) is 1.58. The first-order valence-electron chi connectivity index (χ1n) is 6.34. The van der Waals surface area contributed by atoms with E-state index in [1.54, 1.807) is 36.4 Å². The van der Waals surface area contributed by atoms with E-state index in [4.69, 9.17) is 0 Å². The van der Waals surface area contributed by atoms with E-state index in [0.717, 1.165) is 4.47 Å². The molecular formula is C16H12BrFN2O2. The van der Waals surface area contributed by atoms with Gasteiger partial charge in [0.1, 0.15) is 5.82 Å². The molecule has 22 heavy (non-hydrogen) atoms. The molecule has 0 saturated heterocycles. The van der Waals surface area contributed by atoms with Gasteiger partial charge in [-0.1, -0.05) is 28.1 Å². The van der Waals surface area contributed by atoms with Gasteiger partial charge < -0.3 is 0 Å². The number of hydrogen-bond acceptors (Lipinski definition) is 2. The van der Waals surface area contributed by atoms with Crippen LogP contribution < -0.4 is 10.9 Å². The number of amides is 2. The molecule has 2 amide bonds. The van der Waals surface area contributed by atoms with Gasteiger partial charge in [0, 0.05) is 16.1 Å². The number of hydrogen-bond donors (Lipinski definition) is 2. The van der Waals surface area contributed by atoms with E-state index in [9.17, 15) is 14.0 Å². The highest BCUT2D eigenvalue weighted by Crippen LogP contribution is 2.10. The van der Waals surface area contributed by atoms with Crippen LogP contribution in [0, 0.1) is 5.82 Å². The maximum absolute atomic E-state index is 12.7. The Kier molecular flexibility index (Phi) is 5.43. The van der Waals surface area contributed by atoms with Gasteiger partial charge in [-0.2, -0.15) is 0 Å². The second kappa shape index (κ2) is 7.51. The number of halogens is 2. The summed E-state index contributed by atoms with van der Waals surface area (Å²) in [6.45, 7) is 0. The Bertz CT molecular complexity index is 697. The van der Waals surface area contributed by atoms with Gasteiger partial charge in [0.15, 0.2) is 0 Å². The fourth-order valence-corrected chi connectivity index (χ4v) is 1.84. The van der Waals surface area contributed by atoms with Crippen LogP contribution in [0.2, 0.25) is 0 Å². The molecule has 0 heterocycles. The Morgan fingerprint density at radius 1 is 0.955 bits per heavy atom. The molecule has 0 atom stereocenters. The van der Waals surface area contributed by atoms with Gasteiger partial charge >= 0.3 is 0 Å². The minimum absolute atomic E-state index is 0.344. The molecule has 0 aliphatic carbocycles. The summed E-state index contributed by atoms with van der Waals surface area (Å²) in [4.78, 5) is 23.3. The third kappa shape index (κ3) is 4.82. The monoisotopic (exact) mass is 362 g/mol. The van der Waals surface area contributed by atoms with E-state index in [1.165, 1.54) is 24.3 Å². The Morgan fingerprint density at radius 2 is 1.59 bits per heavy atom. The number of rotatable bonds is 3. The minimum Gasteiger partial charge on any atom is -0.268 e. The number of hydrazine groups is 1. The Balaban J connectivity index is 1.86. The molecule has 0 spiro atoms. The number of nitrogens with one attached hydrogen (secondary N) is 2. The second-order valence-corrected chi connectivity index (χ2v) is 5.25. The second-order valence-electron chi connectivity index (χ2n) is 4.34. The summed E-state index contributed by atoms with van der Waals surface area (Å²) in [5.74, 6) is -1.26. The molecule has 0 aromatic heterocycles. The predicted molar refractivity (Wildman–Crippen MR) is 85.2 cm³/mol. The lowest BCUT2D eigenvalue weighted by atomic mass is 10.2. The van der Waals surface area contributed by atoms with Crippen molar-refractivity contribution < 1.29 is 14.0 Å². The van der Waals surface area contributed by atoms with Crippen molar-refractivity contribution in [2.75, 3.05) is 0 Å². The lowest BCUT2D eigenvalue weighted by Gasteiger charge is -2.05. The highest BCUT2D eigenvalue weighted by atomic mass is 79.9. The van der Waals surface area contributed by atoms with Crippen LogP contribution in [0.5, 0.6) is 0 Å². The summed E-state index contributed by atoms with van der Waals surface area (Å²) in [5.41, 5.74) is 5.66. The average molecular weight is 363 g/mol. The summed E-state index contributed by atoms with van der Waals surface area (Å²) in [7, 11) is 0. The largest absolute Gasteiger partial charge is 0.269 e. The normalized spacial score (nSPS) is 10.5. The summed E-state index contributed by atoms with van der Waals surface area (Å²) < 4.78 is 13.6. The maximum atomic E-state index is 12.7. The third-order valence-corrected chi connectivity index (χ3v) is 3.23. The van der Waals surface area contributed by atoms with Crippen LogP contribution in [-0.4, -0.2) is 11.8 Å². The van der Waals surface area contributed by atoms with Crippen LogP contribution in [0.25, 0.3) is 6.08 Å². The Hall–Kier alpha value is -2.47. The molecule has 0 aliphatic rings. The van der Waals surface area contributed by atoms with Gasteiger partial charge in [-0.25, -0.2) is 4.39 Å². The van der Waals surface area contributed by atoms with E-state index >= 15 is 0 Å². The van der Waals surface area contributed by atoms with Crippen molar-refractivity contribution in [3.63, 3.8) is 0 Å². The summed E-state index contributed by atoms with van der Waals surface area (Å²) in [6.07, 6.45) is 2.76. The van der Waals surface area contributed by atoms with Gasteiger partial charge in [0.05, 0.1) is 0 Å². The molecule has 0 radical (unpaired) electrons. The number of carbonyl (C=O) groups is 2. The molecule has 2 rings (SSSR count). The van der Waals surface area contributed by atoms with Gasteiger partial charge in [0.2, 0.25) is 0 Å². The summed E-state index contributed by atoms with van der Waals surface area (Å²) in [6, 6.07) is 12.4. The highest BCUT2D eigenvalue weighted by Gasteiger charge is 2.05. The molecule has 112 valence electrons. The molecule has 0 saturated carbocycles. The van der Waals surface area contributed by atoms with E-state index in [1.807, 2.05) is 0 Å². The van der Waals surface area contributed by atoms with Crippen molar-refractivity contribution >= 4 is 33.8 Å². The maximum Gasteiger partial charge on any atom is 0.269 e. The molecule has 2 aromatic carbocycles. The SMILES string of the molecule is O=C(/C=C/c1ccc(F)cc1)NNC(=O)c1ccc(Br)cc1. The first kappa shape index (κ1) is 15.9. The molecule has 0 unspecified atom stereocenters. The summed E-state index contributed by atoms with van der Waals surface area (Å²) in [5, 5.41) is 0. The van der Waals surface area contributed by atoms with E-state index in [0.29, 0.717) is 11.1 Å². The molecule has 0 aliphatic heterocycles. The quantitative estimate of drug-likeness (QED) is 0.651. The zero-order valence-corrected chi connectivity index (χ0v) is 12.9. The smallest absolute Gasteiger partial charge is 0.268 e. The Morgan fingerprint density at radius 3 is 2.23 bits per heavy atom. The third-order valence-electron chi connectivity index (χ3n) is 2.70. The van der Waals surface area contributed by atoms with Crippen LogP contribution >= 0.6 is 15.9 Å². The van der Waals surface area contributed by atoms with E-state index < -0.39 is 11.8 Å². The molecule has 2 aromatic rings. The van der Waals surface area contributed by atoms with E-state index in [-0.39, 0.29) is 5.82 Å². The van der Waals surface area contributed by atoms with Crippen LogP contribution in [0.1, 0.15) is 15.9 Å².